The monoisotopic (exact) mass is 522 g/mol. The van der Waals surface area contributed by atoms with Crippen molar-refractivity contribution >= 4 is 52.2 Å². The van der Waals surface area contributed by atoms with E-state index in [4.69, 9.17) is 21.1 Å². The number of carbonyl (C=O) groups excluding carboxylic acids is 3. The molecule has 1 saturated heterocycles. The van der Waals surface area contributed by atoms with E-state index in [1.807, 2.05) is 31.2 Å². The molecular formula is C27H23ClN2O5S. The zero-order chi connectivity index (χ0) is 25.5. The number of thioether (sulfide) groups is 1. The number of ether oxygens (including phenoxy) is 2. The second-order valence-electron chi connectivity index (χ2n) is 7.91. The predicted molar refractivity (Wildman–Crippen MR) is 141 cm³/mol. The maximum Gasteiger partial charge on any atom is 0.293 e. The van der Waals surface area contributed by atoms with Crippen LogP contribution in [0.1, 0.15) is 11.1 Å². The Morgan fingerprint density at radius 3 is 2.50 bits per heavy atom. The van der Waals surface area contributed by atoms with Crippen molar-refractivity contribution in [3.05, 3.63) is 93.9 Å². The number of amides is 3. The lowest BCUT2D eigenvalue weighted by Gasteiger charge is -2.13. The van der Waals surface area contributed by atoms with Crippen molar-refractivity contribution in [3.63, 3.8) is 0 Å². The van der Waals surface area contributed by atoms with Crippen molar-refractivity contribution in [2.45, 2.75) is 6.92 Å². The van der Waals surface area contributed by atoms with Gasteiger partial charge < -0.3 is 14.8 Å². The van der Waals surface area contributed by atoms with E-state index in [0.717, 1.165) is 22.2 Å². The summed E-state index contributed by atoms with van der Waals surface area (Å²) >= 11 is 6.73. The van der Waals surface area contributed by atoms with Gasteiger partial charge in [0.05, 0.1) is 11.4 Å². The minimum absolute atomic E-state index is 0.129. The van der Waals surface area contributed by atoms with Crippen molar-refractivity contribution in [1.82, 2.24) is 4.90 Å². The highest BCUT2D eigenvalue weighted by molar-refractivity contribution is 8.18. The molecule has 4 rings (SSSR count). The van der Waals surface area contributed by atoms with Gasteiger partial charge in [0.2, 0.25) is 0 Å². The van der Waals surface area contributed by atoms with Crippen LogP contribution in [-0.4, -0.2) is 41.7 Å². The number of nitrogens with one attached hydrogen (secondary N) is 1. The molecule has 0 radical (unpaired) electrons. The number of anilines is 1. The van der Waals surface area contributed by atoms with Gasteiger partial charge in [0.15, 0.2) is 6.61 Å². The molecule has 0 unspecified atom stereocenters. The van der Waals surface area contributed by atoms with Crippen LogP contribution in [0.5, 0.6) is 11.5 Å². The number of nitrogens with zero attached hydrogens (tertiary/aromatic N) is 1. The second-order valence-corrected chi connectivity index (χ2v) is 9.34. The van der Waals surface area contributed by atoms with Gasteiger partial charge in [-0.2, -0.15) is 0 Å². The first-order chi connectivity index (χ1) is 17.4. The fourth-order valence-corrected chi connectivity index (χ4v) is 4.30. The number of halogens is 1. The predicted octanol–water partition coefficient (Wildman–Crippen LogP) is 5.78. The van der Waals surface area contributed by atoms with Gasteiger partial charge in [-0.3, -0.25) is 19.3 Å². The third-order valence-corrected chi connectivity index (χ3v) is 6.29. The molecule has 1 heterocycles. The SMILES string of the molecule is Cc1ccc(NC(=O)COc2cccc(/C=C3\SC(=O)N(CCOc4ccc(Cl)cc4)C3=O)c2)cc1. The molecule has 1 aliphatic rings. The Kier molecular flexibility index (Phi) is 8.30. The Labute approximate surface area is 218 Å². The Balaban J connectivity index is 1.31. The van der Waals surface area contributed by atoms with Crippen LogP contribution in [0.15, 0.2) is 77.7 Å². The first kappa shape index (κ1) is 25.3. The molecule has 0 atom stereocenters. The van der Waals surface area contributed by atoms with E-state index >= 15 is 0 Å². The largest absolute Gasteiger partial charge is 0.492 e. The smallest absolute Gasteiger partial charge is 0.293 e. The van der Waals surface area contributed by atoms with Crippen molar-refractivity contribution in [2.24, 2.45) is 0 Å². The summed E-state index contributed by atoms with van der Waals surface area (Å²) < 4.78 is 11.2. The first-order valence-electron chi connectivity index (χ1n) is 11.1. The van der Waals surface area contributed by atoms with Crippen LogP contribution >= 0.6 is 23.4 Å². The molecule has 3 amide bonds. The van der Waals surface area contributed by atoms with E-state index in [-0.39, 0.29) is 36.8 Å². The minimum Gasteiger partial charge on any atom is -0.492 e. The fourth-order valence-electron chi connectivity index (χ4n) is 3.31. The van der Waals surface area contributed by atoms with Crippen molar-refractivity contribution in [2.75, 3.05) is 25.1 Å². The average Bonchev–Trinajstić information content (AvgIpc) is 3.13. The van der Waals surface area contributed by atoms with Crippen molar-refractivity contribution in [3.8, 4) is 11.5 Å². The first-order valence-corrected chi connectivity index (χ1v) is 12.3. The normalized spacial score (nSPS) is 14.3. The van der Waals surface area contributed by atoms with E-state index in [0.29, 0.717) is 32.7 Å². The molecule has 0 saturated carbocycles. The summed E-state index contributed by atoms with van der Waals surface area (Å²) in [7, 11) is 0. The van der Waals surface area contributed by atoms with E-state index in [9.17, 15) is 14.4 Å². The molecule has 7 nitrogen and oxygen atoms in total. The Morgan fingerprint density at radius 1 is 1.00 bits per heavy atom. The molecule has 1 fully saturated rings. The number of carbonyl (C=O) groups is 3. The van der Waals surface area contributed by atoms with Gasteiger partial charge in [-0.1, -0.05) is 41.4 Å². The average molecular weight is 523 g/mol. The molecule has 9 heteroatoms. The van der Waals surface area contributed by atoms with E-state index in [2.05, 4.69) is 5.32 Å². The lowest BCUT2D eigenvalue weighted by Crippen LogP contribution is -2.32. The van der Waals surface area contributed by atoms with Gasteiger partial charge in [-0.05, 0) is 78.9 Å². The summed E-state index contributed by atoms with van der Waals surface area (Å²) in [5, 5.41) is 3.02. The van der Waals surface area contributed by atoms with Crippen LogP contribution in [0.3, 0.4) is 0 Å². The summed E-state index contributed by atoms with van der Waals surface area (Å²) in [6, 6.07) is 21.3. The molecule has 0 bridgehead atoms. The van der Waals surface area contributed by atoms with Crippen molar-refractivity contribution in [1.29, 1.82) is 0 Å². The fraction of sp³-hybridized carbons (Fsp3) is 0.148. The molecule has 0 aromatic heterocycles. The summed E-state index contributed by atoms with van der Waals surface area (Å²) in [5.74, 6) is 0.407. The third-order valence-electron chi connectivity index (χ3n) is 5.13. The minimum atomic E-state index is -0.381. The van der Waals surface area contributed by atoms with Crippen LogP contribution in [0, 0.1) is 6.92 Å². The highest BCUT2D eigenvalue weighted by atomic mass is 35.5. The van der Waals surface area contributed by atoms with E-state index in [1.165, 1.54) is 0 Å². The third kappa shape index (κ3) is 6.90. The van der Waals surface area contributed by atoms with Gasteiger partial charge in [0.1, 0.15) is 18.1 Å². The van der Waals surface area contributed by atoms with Crippen LogP contribution in [0.2, 0.25) is 5.02 Å². The Morgan fingerprint density at radius 2 is 1.75 bits per heavy atom. The van der Waals surface area contributed by atoms with Crippen LogP contribution < -0.4 is 14.8 Å². The number of hydrogen-bond donors (Lipinski definition) is 1. The lowest BCUT2D eigenvalue weighted by atomic mass is 10.2. The second kappa shape index (κ2) is 11.8. The van der Waals surface area contributed by atoms with Crippen molar-refractivity contribution < 1.29 is 23.9 Å². The van der Waals surface area contributed by atoms with Gasteiger partial charge in [-0.15, -0.1) is 0 Å². The molecule has 1 N–H and O–H groups in total. The molecule has 0 spiro atoms. The van der Waals surface area contributed by atoms with Gasteiger partial charge in [0.25, 0.3) is 17.1 Å². The molecule has 184 valence electrons. The summed E-state index contributed by atoms with van der Waals surface area (Å²) in [5.41, 5.74) is 2.47. The molecule has 36 heavy (non-hydrogen) atoms. The quantitative estimate of drug-likeness (QED) is 0.358. The zero-order valence-electron chi connectivity index (χ0n) is 19.4. The number of imide groups is 1. The standard InChI is InChI=1S/C27H23ClN2O5S/c1-18-5-9-21(10-6-18)29-25(31)17-35-23-4-2-3-19(15-23)16-24-26(32)30(27(33)36-24)13-14-34-22-11-7-20(28)8-12-22/h2-12,15-16H,13-14,17H2,1H3,(H,29,31)/b24-16-. The molecule has 3 aromatic carbocycles. The maximum atomic E-state index is 12.8. The van der Waals surface area contributed by atoms with Gasteiger partial charge in [0, 0.05) is 10.7 Å². The molecule has 1 aliphatic heterocycles. The van der Waals surface area contributed by atoms with E-state index in [1.54, 1.807) is 54.6 Å². The van der Waals surface area contributed by atoms with Crippen LogP contribution in [-0.2, 0) is 9.59 Å². The number of rotatable bonds is 9. The zero-order valence-corrected chi connectivity index (χ0v) is 21.0. The highest BCUT2D eigenvalue weighted by Crippen LogP contribution is 2.32. The number of benzene rings is 3. The number of hydrogen-bond acceptors (Lipinski definition) is 6. The molecule has 0 aliphatic carbocycles. The summed E-state index contributed by atoms with van der Waals surface area (Å²) in [4.78, 5) is 38.8. The van der Waals surface area contributed by atoms with Crippen LogP contribution in [0.25, 0.3) is 6.08 Å². The molecule has 3 aromatic rings. The van der Waals surface area contributed by atoms with Gasteiger partial charge in [-0.25, -0.2) is 0 Å². The van der Waals surface area contributed by atoms with E-state index < -0.39 is 0 Å². The topological polar surface area (TPSA) is 84.9 Å². The van der Waals surface area contributed by atoms with Crippen LogP contribution in [0.4, 0.5) is 10.5 Å². The molecular weight excluding hydrogens is 500 g/mol. The number of aryl methyl sites for hydroxylation is 1. The summed E-state index contributed by atoms with van der Waals surface area (Å²) in [6.45, 7) is 2.10. The summed E-state index contributed by atoms with van der Waals surface area (Å²) in [6.07, 6.45) is 1.63. The highest BCUT2D eigenvalue weighted by Gasteiger charge is 2.34. The lowest BCUT2D eigenvalue weighted by molar-refractivity contribution is -0.123. The Bertz CT molecular complexity index is 1290. The Hall–Kier alpha value is -3.75. The maximum absolute atomic E-state index is 12.8. The van der Waals surface area contributed by atoms with Gasteiger partial charge >= 0.3 is 0 Å².